The molecule has 0 spiro atoms. The van der Waals surface area contributed by atoms with E-state index in [9.17, 15) is 20.2 Å². The van der Waals surface area contributed by atoms with Crippen LogP contribution in [0.4, 0.5) is 11.4 Å². The molecule has 0 aromatic heterocycles. The summed E-state index contributed by atoms with van der Waals surface area (Å²) in [5.74, 6) is -0.245. The number of benzene rings is 2. The monoisotopic (exact) mass is 429 g/mol. The lowest BCUT2D eigenvalue weighted by atomic mass is 10.1. The SMILES string of the molecule is N#CC(=Cc1cccc(Br)c1)C(=O)Nc1cc2c(cc1[N+](=O)[O-])OCCO2. The quantitative estimate of drug-likeness (QED) is 0.343. The number of fused-ring (bicyclic) bond motifs is 1. The van der Waals surface area contributed by atoms with Crippen molar-refractivity contribution >= 4 is 39.3 Å². The van der Waals surface area contributed by atoms with E-state index in [1.165, 1.54) is 18.2 Å². The maximum absolute atomic E-state index is 12.5. The van der Waals surface area contributed by atoms with E-state index < -0.39 is 10.8 Å². The molecule has 3 rings (SSSR count). The van der Waals surface area contributed by atoms with Crippen LogP contribution in [0.3, 0.4) is 0 Å². The zero-order valence-electron chi connectivity index (χ0n) is 13.8. The van der Waals surface area contributed by atoms with Gasteiger partial charge in [-0.05, 0) is 23.8 Å². The van der Waals surface area contributed by atoms with Gasteiger partial charge in [-0.25, -0.2) is 0 Å². The number of ether oxygens (including phenoxy) is 2. The molecule has 0 aliphatic carbocycles. The van der Waals surface area contributed by atoms with E-state index in [2.05, 4.69) is 21.2 Å². The predicted octanol–water partition coefficient (Wildman–Crippen LogP) is 3.67. The molecule has 0 bridgehead atoms. The molecule has 27 heavy (non-hydrogen) atoms. The van der Waals surface area contributed by atoms with E-state index in [0.29, 0.717) is 12.2 Å². The van der Waals surface area contributed by atoms with Gasteiger partial charge in [0.2, 0.25) is 0 Å². The van der Waals surface area contributed by atoms with Gasteiger partial charge in [-0.3, -0.25) is 14.9 Å². The minimum Gasteiger partial charge on any atom is -0.486 e. The van der Waals surface area contributed by atoms with Crippen LogP contribution < -0.4 is 14.8 Å². The minimum absolute atomic E-state index is 0.0790. The van der Waals surface area contributed by atoms with Gasteiger partial charge in [0.1, 0.15) is 30.5 Å². The van der Waals surface area contributed by atoms with Gasteiger partial charge in [0.15, 0.2) is 11.5 Å². The second-order valence-electron chi connectivity index (χ2n) is 5.45. The predicted molar refractivity (Wildman–Crippen MR) is 100 cm³/mol. The topological polar surface area (TPSA) is 114 Å². The number of hydrogen-bond acceptors (Lipinski definition) is 6. The first-order valence-corrected chi connectivity index (χ1v) is 8.54. The highest BCUT2D eigenvalue weighted by Crippen LogP contribution is 2.39. The Balaban J connectivity index is 1.92. The molecule has 9 heteroatoms. The Morgan fingerprint density at radius 1 is 1.26 bits per heavy atom. The number of anilines is 1. The zero-order valence-corrected chi connectivity index (χ0v) is 15.4. The molecule has 1 N–H and O–H groups in total. The summed E-state index contributed by atoms with van der Waals surface area (Å²) in [7, 11) is 0. The maximum Gasteiger partial charge on any atom is 0.296 e. The molecule has 1 amide bonds. The van der Waals surface area contributed by atoms with E-state index in [1.54, 1.807) is 18.2 Å². The Bertz CT molecular complexity index is 997. The highest BCUT2D eigenvalue weighted by Gasteiger charge is 2.24. The van der Waals surface area contributed by atoms with Crippen molar-refractivity contribution in [2.24, 2.45) is 0 Å². The van der Waals surface area contributed by atoms with Crippen molar-refractivity contribution in [3.05, 3.63) is 62.1 Å². The van der Waals surface area contributed by atoms with Gasteiger partial charge in [0, 0.05) is 10.5 Å². The van der Waals surface area contributed by atoms with Crippen LogP contribution in [0.15, 0.2) is 46.4 Å². The van der Waals surface area contributed by atoms with Gasteiger partial charge in [-0.1, -0.05) is 28.1 Å². The summed E-state index contributed by atoms with van der Waals surface area (Å²) in [6.45, 7) is 0.578. The lowest BCUT2D eigenvalue weighted by molar-refractivity contribution is -0.384. The molecule has 1 aliphatic heterocycles. The van der Waals surface area contributed by atoms with Crippen molar-refractivity contribution in [1.29, 1.82) is 5.26 Å². The summed E-state index contributed by atoms with van der Waals surface area (Å²) in [4.78, 5) is 23.2. The van der Waals surface area contributed by atoms with Gasteiger partial charge >= 0.3 is 0 Å². The van der Waals surface area contributed by atoms with Gasteiger partial charge in [-0.15, -0.1) is 0 Å². The molecule has 0 radical (unpaired) electrons. The maximum atomic E-state index is 12.5. The molecule has 1 aliphatic rings. The molecule has 2 aromatic rings. The zero-order chi connectivity index (χ0) is 19.4. The van der Waals surface area contributed by atoms with Crippen LogP contribution in [0.1, 0.15) is 5.56 Å². The summed E-state index contributed by atoms with van der Waals surface area (Å²) in [5, 5.41) is 23.0. The van der Waals surface area contributed by atoms with Gasteiger partial charge < -0.3 is 14.8 Å². The minimum atomic E-state index is -0.766. The molecule has 0 fully saturated rings. The molecular formula is C18H12BrN3O5. The number of rotatable bonds is 4. The molecule has 8 nitrogen and oxygen atoms in total. The Kier molecular flexibility index (Phi) is 5.38. The standard InChI is InChI=1S/C18H12BrN3O5/c19-13-3-1-2-11(7-13)6-12(10-20)18(23)21-14-8-16-17(27-5-4-26-16)9-15(14)22(24)25/h1-3,6-9H,4-5H2,(H,21,23). The molecule has 2 aromatic carbocycles. The molecule has 136 valence electrons. The fourth-order valence-corrected chi connectivity index (χ4v) is 2.85. The fraction of sp³-hybridized carbons (Fsp3) is 0.111. The van der Waals surface area contributed by atoms with Crippen molar-refractivity contribution in [1.82, 2.24) is 0 Å². The number of nitro benzene ring substituents is 1. The summed E-state index contributed by atoms with van der Waals surface area (Å²) in [5.41, 5.74) is 0.00187. The van der Waals surface area contributed by atoms with Crippen LogP contribution in [0.25, 0.3) is 6.08 Å². The average molecular weight is 430 g/mol. The summed E-state index contributed by atoms with van der Waals surface area (Å²) in [6.07, 6.45) is 1.39. The first kappa shape index (κ1) is 18.4. The fourth-order valence-electron chi connectivity index (χ4n) is 2.43. The van der Waals surface area contributed by atoms with E-state index in [0.717, 1.165) is 4.47 Å². The first-order valence-electron chi connectivity index (χ1n) is 7.74. The number of halogens is 1. The summed E-state index contributed by atoms with van der Waals surface area (Å²) in [6, 6.07) is 11.3. The summed E-state index contributed by atoms with van der Waals surface area (Å²) < 4.78 is 11.5. The van der Waals surface area contributed by atoms with Crippen molar-refractivity contribution in [3.63, 3.8) is 0 Å². The second-order valence-corrected chi connectivity index (χ2v) is 6.36. The number of hydrogen-bond donors (Lipinski definition) is 1. The number of nitrogens with zero attached hydrogens (tertiary/aromatic N) is 2. The molecule has 0 atom stereocenters. The normalized spacial score (nSPS) is 12.8. The highest BCUT2D eigenvalue weighted by molar-refractivity contribution is 9.10. The third kappa shape index (κ3) is 4.24. The van der Waals surface area contributed by atoms with Gasteiger partial charge in [0.05, 0.1) is 11.0 Å². The first-order chi connectivity index (χ1) is 13.0. The Morgan fingerprint density at radius 3 is 2.59 bits per heavy atom. The summed E-state index contributed by atoms with van der Waals surface area (Å²) >= 11 is 3.31. The Labute approximate surface area is 162 Å². The second kappa shape index (κ2) is 7.88. The van der Waals surface area contributed by atoms with Crippen LogP contribution in [-0.2, 0) is 4.79 Å². The van der Waals surface area contributed by atoms with E-state index in [4.69, 9.17) is 9.47 Å². The van der Waals surface area contributed by atoms with Gasteiger partial charge in [0.25, 0.3) is 11.6 Å². The van der Waals surface area contributed by atoms with Crippen LogP contribution >= 0.6 is 15.9 Å². The van der Waals surface area contributed by atoms with Crippen molar-refractivity contribution < 1.29 is 19.2 Å². The van der Waals surface area contributed by atoms with Crippen molar-refractivity contribution in [2.45, 2.75) is 0 Å². The van der Waals surface area contributed by atoms with E-state index in [1.807, 2.05) is 12.1 Å². The van der Waals surface area contributed by atoms with Gasteiger partial charge in [-0.2, -0.15) is 5.26 Å². The number of nitriles is 1. The van der Waals surface area contributed by atoms with E-state index >= 15 is 0 Å². The molecule has 1 heterocycles. The average Bonchev–Trinajstić information content (AvgIpc) is 2.65. The highest BCUT2D eigenvalue weighted by atomic mass is 79.9. The van der Waals surface area contributed by atoms with E-state index in [-0.39, 0.29) is 35.1 Å². The van der Waals surface area contributed by atoms with Crippen LogP contribution in [0, 0.1) is 21.4 Å². The van der Waals surface area contributed by atoms with Crippen LogP contribution in [0.2, 0.25) is 0 Å². The smallest absolute Gasteiger partial charge is 0.296 e. The molecule has 0 unspecified atom stereocenters. The largest absolute Gasteiger partial charge is 0.486 e. The van der Waals surface area contributed by atoms with Crippen molar-refractivity contribution in [2.75, 3.05) is 18.5 Å². The van der Waals surface area contributed by atoms with Crippen LogP contribution in [-0.4, -0.2) is 24.0 Å². The molecule has 0 saturated heterocycles. The lowest BCUT2D eigenvalue weighted by Crippen LogP contribution is -2.18. The number of nitrogens with one attached hydrogen (secondary N) is 1. The number of amides is 1. The number of nitro groups is 1. The number of carbonyl (C=O) groups is 1. The molecular weight excluding hydrogens is 418 g/mol. The lowest BCUT2D eigenvalue weighted by Gasteiger charge is -2.19. The molecule has 0 saturated carbocycles. The Morgan fingerprint density at radius 2 is 1.96 bits per heavy atom. The Hall–Kier alpha value is -3.38. The van der Waals surface area contributed by atoms with Crippen LogP contribution in [0.5, 0.6) is 11.5 Å². The third-order valence-electron chi connectivity index (χ3n) is 3.63. The third-order valence-corrected chi connectivity index (χ3v) is 4.12. The van der Waals surface area contributed by atoms with Crippen molar-refractivity contribution in [3.8, 4) is 17.6 Å². The number of carbonyl (C=O) groups excluding carboxylic acids is 1.